The summed E-state index contributed by atoms with van der Waals surface area (Å²) in [4.78, 5) is 38.3. The van der Waals surface area contributed by atoms with Crippen LogP contribution < -0.4 is 14.8 Å². The molecule has 156 valence electrons. The highest BCUT2D eigenvalue weighted by Crippen LogP contribution is 2.34. The fourth-order valence-corrected chi connectivity index (χ4v) is 3.13. The second-order valence-electron chi connectivity index (χ2n) is 6.43. The number of amides is 4. The molecular formula is C22H22N2O6. The van der Waals surface area contributed by atoms with Crippen LogP contribution in [-0.4, -0.2) is 36.5 Å². The number of hydrogen-bond acceptors (Lipinski definition) is 6. The van der Waals surface area contributed by atoms with Crippen LogP contribution in [0, 0.1) is 0 Å². The van der Waals surface area contributed by atoms with Crippen LogP contribution in [0.5, 0.6) is 11.5 Å². The van der Waals surface area contributed by atoms with E-state index in [0.717, 1.165) is 10.5 Å². The second kappa shape index (κ2) is 9.13. The van der Waals surface area contributed by atoms with E-state index in [9.17, 15) is 14.4 Å². The summed E-state index contributed by atoms with van der Waals surface area (Å²) in [5, 5.41) is 2.19. The molecule has 0 atom stereocenters. The largest absolute Gasteiger partial charge is 0.493 e. The monoisotopic (exact) mass is 410 g/mol. The number of benzene rings is 1. The highest BCUT2D eigenvalue weighted by molar-refractivity contribution is 6.30. The number of carbonyl (C=O) groups excluding carboxylic acids is 3. The van der Waals surface area contributed by atoms with E-state index in [1.165, 1.54) is 12.3 Å². The molecule has 8 heteroatoms. The Bertz CT molecular complexity index is 1010. The molecule has 4 amide bonds. The molecule has 1 aliphatic heterocycles. The summed E-state index contributed by atoms with van der Waals surface area (Å²) < 4.78 is 16.3. The minimum Gasteiger partial charge on any atom is -0.493 e. The molecule has 0 saturated carbocycles. The van der Waals surface area contributed by atoms with Crippen molar-refractivity contribution in [3.8, 4) is 11.5 Å². The fraction of sp³-hybridized carbons (Fsp3) is 0.227. The average molecular weight is 410 g/mol. The Morgan fingerprint density at radius 3 is 2.70 bits per heavy atom. The van der Waals surface area contributed by atoms with Crippen molar-refractivity contribution in [2.45, 2.75) is 19.9 Å². The van der Waals surface area contributed by atoms with Crippen LogP contribution in [-0.2, 0) is 22.6 Å². The molecular weight excluding hydrogens is 388 g/mol. The van der Waals surface area contributed by atoms with E-state index in [4.69, 9.17) is 13.9 Å². The Morgan fingerprint density at radius 2 is 2.07 bits per heavy atom. The van der Waals surface area contributed by atoms with E-state index in [0.29, 0.717) is 35.9 Å². The number of rotatable bonds is 8. The molecule has 0 aliphatic carbocycles. The van der Waals surface area contributed by atoms with E-state index in [1.54, 1.807) is 37.5 Å². The van der Waals surface area contributed by atoms with Gasteiger partial charge >= 0.3 is 6.03 Å². The van der Waals surface area contributed by atoms with E-state index in [2.05, 4.69) is 11.9 Å². The lowest BCUT2D eigenvalue weighted by atomic mass is 10.0. The summed E-state index contributed by atoms with van der Waals surface area (Å²) in [5.74, 6) is -0.00572. The first-order valence-electron chi connectivity index (χ1n) is 9.34. The number of urea groups is 1. The molecule has 1 saturated heterocycles. The molecule has 0 radical (unpaired) electrons. The number of barbiturate groups is 1. The maximum Gasteiger partial charge on any atom is 0.331 e. The number of nitrogens with zero attached hydrogens (tertiary/aromatic N) is 1. The molecule has 1 aromatic carbocycles. The summed E-state index contributed by atoms with van der Waals surface area (Å²) >= 11 is 0. The predicted octanol–water partition coefficient (Wildman–Crippen LogP) is 3.08. The maximum absolute atomic E-state index is 12.9. The summed E-state index contributed by atoms with van der Waals surface area (Å²) in [6.45, 7) is 5.91. The summed E-state index contributed by atoms with van der Waals surface area (Å²) in [6.07, 6.45) is 5.08. The maximum atomic E-state index is 12.9. The molecule has 3 rings (SSSR count). The first kappa shape index (κ1) is 20.9. The van der Waals surface area contributed by atoms with Gasteiger partial charge in [-0.1, -0.05) is 6.08 Å². The Labute approximate surface area is 173 Å². The third-order valence-corrected chi connectivity index (χ3v) is 4.41. The lowest BCUT2D eigenvalue weighted by Crippen LogP contribution is -2.53. The molecule has 0 spiro atoms. The zero-order chi connectivity index (χ0) is 21.7. The third-order valence-electron chi connectivity index (χ3n) is 4.41. The topological polar surface area (TPSA) is 98.1 Å². The Balaban J connectivity index is 2.00. The van der Waals surface area contributed by atoms with E-state index in [1.807, 2.05) is 6.92 Å². The third kappa shape index (κ3) is 4.27. The standard InChI is InChI=1S/C22H22N2O6/c1-4-7-15-10-14(12-18(29-5-2)19(15)28-3)11-17-20(25)23-22(27)24(21(17)26)13-16-8-6-9-30-16/h4,6,8-12H,1,5,7,13H2,2-3H3,(H,23,25,27)/b17-11+. The van der Waals surface area contributed by atoms with Crippen molar-refractivity contribution in [3.63, 3.8) is 0 Å². The van der Waals surface area contributed by atoms with Gasteiger partial charge in [0.15, 0.2) is 11.5 Å². The summed E-state index contributed by atoms with van der Waals surface area (Å²) in [7, 11) is 1.54. The Hall–Kier alpha value is -3.81. The van der Waals surface area contributed by atoms with E-state index < -0.39 is 17.8 Å². The van der Waals surface area contributed by atoms with Crippen LogP contribution in [0.25, 0.3) is 6.08 Å². The van der Waals surface area contributed by atoms with Gasteiger partial charge in [0.1, 0.15) is 11.3 Å². The average Bonchev–Trinajstić information content (AvgIpc) is 3.22. The van der Waals surface area contributed by atoms with Crippen LogP contribution in [0.2, 0.25) is 0 Å². The summed E-state index contributed by atoms with van der Waals surface area (Å²) in [5.41, 5.74) is 1.18. The molecule has 0 unspecified atom stereocenters. The van der Waals surface area contributed by atoms with Gasteiger partial charge < -0.3 is 13.9 Å². The number of carbonyl (C=O) groups is 3. The van der Waals surface area contributed by atoms with Gasteiger partial charge in [0.05, 0.1) is 26.5 Å². The molecule has 2 aromatic rings. The summed E-state index contributed by atoms with van der Waals surface area (Å²) in [6, 6.07) is 5.95. The molecule has 30 heavy (non-hydrogen) atoms. The van der Waals surface area contributed by atoms with Gasteiger partial charge in [-0.2, -0.15) is 0 Å². The van der Waals surface area contributed by atoms with Crippen LogP contribution in [0.3, 0.4) is 0 Å². The Morgan fingerprint density at radius 1 is 1.27 bits per heavy atom. The van der Waals surface area contributed by atoms with Crippen molar-refractivity contribution in [2.75, 3.05) is 13.7 Å². The number of imide groups is 2. The quantitative estimate of drug-likeness (QED) is 0.408. The lowest BCUT2D eigenvalue weighted by molar-refractivity contribution is -0.130. The first-order valence-corrected chi connectivity index (χ1v) is 9.34. The number of allylic oxidation sites excluding steroid dienone is 1. The minimum atomic E-state index is -0.796. The van der Waals surface area contributed by atoms with Crippen molar-refractivity contribution in [1.29, 1.82) is 0 Å². The fourth-order valence-electron chi connectivity index (χ4n) is 3.13. The highest BCUT2D eigenvalue weighted by atomic mass is 16.5. The number of methoxy groups -OCH3 is 1. The number of furan rings is 1. The van der Waals surface area contributed by atoms with Gasteiger partial charge in [0.2, 0.25) is 0 Å². The van der Waals surface area contributed by atoms with Crippen LogP contribution in [0.15, 0.2) is 53.2 Å². The van der Waals surface area contributed by atoms with Gasteiger partial charge in [0.25, 0.3) is 11.8 Å². The molecule has 1 aromatic heterocycles. The second-order valence-corrected chi connectivity index (χ2v) is 6.43. The zero-order valence-corrected chi connectivity index (χ0v) is 16.8. The number of nitrogens with one attached hydrogen (secondary N) is 1. The lowest BCUT2D eigenvalue weighted by Gasteiger charge is -2.25. The molecule has 1 fully saturated rings. The van der Waals surface area contributed by atoms with Gasteiger partial charge in [0, 0.05) is 5.56 Å². The van der Waals surface area contributed by atoms with Crippen molar-refractivity contribution in [3.05, 3.63) is 65.6 Å². The van der Waals surface area contributed by atoms with Crippen molar-refractivity contribution in [2.24, 2.45) is 0 Å². The molecule has 2 heterocycles. The normalized spacial score (nSPS) is 15.3. The van der Waals surface area contributed by atoms with E-state index in [-0.39, 0.29) is 12.1 Å². The molecule has 1 N–H and O–H groups in total. The molecule has 8 nitrogen and oxygen atoms in total. The molecule has 0 bridgehead atoms. The first-order chi connectivity index (χ1) is 14.5. The molecule has 1 aliphatic rings. The SMILES string of the molecule is C=CCc1cc(/C=C2\C(=O)NC(=O)N(Cc3ccco3)C2=O)cc(OCC)c1OC. The smallest absolute Gasteiger partial charge is 0.331 e. The Kier molecular flexibility index (Phi) is 6.36. The minimum absolute atomic E-state index is 0.0865. The van der Waals surface area contributed by atoms with E-state index >= 15 is 0 Å². The van der Waals surface area contributed by atoms with Crippen molar-refractivity contribution in [1.82, 2.24) is 10.2 Å². The van der Waals surface area contributed by atoms with Crippen LogP contribution in [0.4, 0.5) is 4.79 Å². The zero-order valence-electron chi connectivity index (χ0n) is 16.8. The highest BCUT2D eigenvalue weighted by Gasteiger charge is 2.36. The van der Waals surface area contributed by atoms with Gasteiger partial charge in [-0.25, -0.2) is 4.79 Å². The van der Waals surface area contributed by atoms with Crippen LogP contribution in [0.1, 0.15) is 23.8 Å². The van der Waals surface area contributed by atoms with Crippen molar-refractivity contribution < 1.29 is 28.3 Å². The van der Waals surface area contributed by atoms with Crippen molar-refractivity contribution >= 4 is 23.9 Å². The van der Waals surface area contributed by atoms with Gasteiger partial charge in [-0.15, -0.1) is 6.58 Å². The number of ether oxygens (including phenoxy) is 2. The van der Waals surface area contributed by atoms with Gasteiger partial charge in [-0.05, 0) is 49.2 Å². The predicted molar refractivity (Wildman–Crippen MR) is 109 cm³/mol. The van der Waals surface area contributed by atoms with Gasteiger partial charge in [-0.3, -0.25) is 19.8 Å². The van der Waals surface area contributed by atoms with Crippen LogP contribution >= 0.6 is 0 Å². The number of hydrogen-bond donors (Lipinski definition) is 1.